The molecular weight excluding hydrogens is 445 g/mol. The van der Waals surface area contributed by atoms with Crippen LogP contribution in [0.2, 0.25) is 30.1 Å². The number of hydrogen-bond acceptors (Lipinski definition) is 2. The lowest BCUT2D eigenvalue weighted by atomic mass is 10.0. The summed E-state index contributed by atoms with van der Waals surface area (Å²) >= 11 is 36.8. The van der Waals surface area contributed by atoms with Crippen LogP contribution in [-0.4, -0.2) is 4.98 Å². The van der Waals surface area contributed by atoms with Crippen LogP contribution in [0.5, 0.6) is 0 Å². The van der Waals surface area contributed by atoms with Crippen molar-refractivity contribution in [2.45, 2.75) is 0 Å². The van der Waals surface area contributed by atoms with Gasteiger partial charge in [-0.2, -0.15) is 0 Å². The fourth-order valence-electron chi connectivity index (χ4n) is 2.32. The van der Waals surface area contributed by atoms with Gasteiger partial charge < -0.3 is 5.73 Å². The summed E-state index contributed by atoms with van der Waals surface area (Å²) in [6, 6.07) is 8.59. The summed E-state index contributed by atoms with van der Waals surface area (Å²) in [7, 11) is 0. The SMILES string of the molecule is Nc1ncc(-c2ccc(Cl)c(Cl)c2Cl)cc1-c1ccc(Cl)c(Cl)c1Cl. The van der Waals surface area contributed by atoms with Crippen LogP contribution < -0.4 is 5.73 Å². The van der Waals surface area contributed by atoms with E-state index in [2.05, 4.69) is 4.98 Å². The molecular formula is C17H8Cl6N2. The van der Waals surface area contributed by atoms with E-state index in [4.69, 9.17) is 75.3 Å². The highest BCUT2D eigenvalue weighted by Crippen LogP contribution is 2.42. The molecule has 0 fully saturated rings. The Kier molecular flexibility index (Phi) is 5.60. The molecule has 0 aliphatic rings. The first kappa shape index (κ1) is 18.9. The van der Waals surface area contributed by atoms with E-state index in [9.17, 15) is 0 Å². The molecule has 0 bridgehead atoms. The van der Waals surface area contributed by atoms with Crippen LogP contribution >= 0.6 is 69.6 Å². The largest absolute Gasteiger partial charge is 0.383 e. The maximum absolute atomic E-state index is 6.32. The first-order chi connectivity index (χ1) is 11.8. The fourth-order valence-corrected chi connectivity index (χ4v) is 3.60. The molecule has 0 saturated carbocycles. The third-order valence-electron chi connectivity index (χ3n) is 3.59. The highest BCUT2D eigenvalue weighted by molar-refractivity contribution is 6.50. The third-order valence-corrected chi connectivity index (χ3v) is 6.18. The van der Waals surface area contributed by atoms with Crippen molar-refractivity contribution in [1.82, 2.24) is 4.98 Å². The molecule has 0 saturated heterocycles. The smallest absolute Gasteiger partial charge is 0.131 e. The van der Waals surface area contributed by atoms with Crippen molar-refractivity contribution in [3.63, 3.8) is 0 Å². The topological polar surface area (TPSA) is 38.9 Å². The molecule has 0 aliphatic carbocycles. The van der Waals surface area contributed by atoms with Gasteiger partial charge in [-0.15, -0.1) is 0 Å². The quantitative estimate of drug-likeness (QED) is 0.401. The molecule has 2 N–H and O–H groups in total. The molecule has 0 aliphatic heterocycles. The van der Waals surface area contributed by atoms with E-state index in [1.54, 1.807) is 36.5 Å². The minimum absolute atomic E-state index is 0.248. The van der Waals surface area contributed by atoms with Crippen LogP contribution in [0.1, 0.15) is 0 Å². The summed E-state index contributed by atoms with van der Waals surface area (Å²) < 4.78 is 0. The van der Waals surface area contributed by atoms with Crippen molar-refractivity contribution in [3.8, 4) is 22.3 Å². The maximum atomic E-state index is 6.32. The normalized spacial score (nSPS) is 11.0. The molecule has 0 amide bonds. The minimum atomic E-state index is 0.248. The highest BCUT2D eigenvalue weighted by atomic mass is 35.5. The van der Waals surface area contributed by atoms with Gasteiger partial charge in [-0.1, -0.05) is 81.7 Å². The number of benzene rings is 2. The van der Waals surface area contributed by atoms with Gasteiger partial charge in [0.25, 0.3) is 0 Å². The Hall–Kier alpha value is -0.870. The highest BCUT2D eigenvalue weighted by Gasteiger charge is 2.16. The van der Waals surface area contributed by atoms with E-state index >= 15 is 0 Å². The van der Waals surface area contributed by atoms with E-state index in [0.29, 0.717) is 48.2 Å². The molecule has 25 heavy (non-hydrogen) atoms. The van der Waals surface area contributed by atoms with Gasteiger partial charge in [-0.3, -0.25) is 0 Å². The van der Waals surface area contributed by atoms with Crippen molar-refractivity contribution in [2.75, 3.05) is 5.73 Å². The van der Waals surface area contributed by atoms with Crippen LogP contribution in [0, 0.1) is 0 Å². The summed E-state index contributed by atoms with van der Waals surface area (Å²) in [6.45, 7) is 0. The molecule has 2 aromatic carbocycles. The lowest BCUT2D eigenvalue weighted by molar-refractivity contribution is 1.33. The monoisotopic (exact) mass is 450 g/mol. The average molecular weight is 453 g/mol. The molecule has 1 aromatic heterocycles. The number of pyridine rings is 1. The molecule has 0 spiro atoms. The number of aromatic nitrogens is 1. The number of nitrogens with two attached hydrogens (primary N) is 1. The standard InChI is InChI=1S/C17H8Cl6N2/c18-11-3-1-8(13(20)15(11)22)7-5-10(17(24)25-6-7)9-2-4-12(19)16(23)14(9)21/h1-6H,(H2,24,25). The predicted octanol–water partition coefficient (Wildman–Crippen LogP) is 7.92. The molecule has 0 atom stereocenters. The van der Waals surface area contributed by atoms with Gasteiger partial charge in [-0.05, 0) is 18.2 Å². The van der Waals surface area contributed by atoms with E-state index in [1.165, 1.54) is 0 Å². The van der Waals surface area contributed by atoms with Gasteiger partial charge in [0.15, 0.2) is 0 Å². The van der Waals surface area contributed by atoms with Crippen LogP contribution in [0.3, 0.4) is 0 Å². The van der Waals surface area contributed by atoms with Crippen molar-refractivity contribution in [1.29, 1.82) is 0 Å². The van der Waals surface area contributed by atoms with Crippen LogP contribution in [0.15, 0.2) is 36.5 Å². The van der Waals surface area contributed by atoms with Gasteiger partial charge in [0.05, 0.1) is 30.1 Å². The average Bonchev–Trinajstić information content (AvgIpc) is 2.59. The van der Waals surface area contributed by atoms with Gasteiger partial charge in [0, 0.05) is 28.5 Å². The number of anilines is 1. The van der Waals surface area contributed by atoms with E-state index in [0.717, 1.165) is 0 Å². The molecule has 0 radical (unpaired) electrons. The number of nitrogens with zero attached hydrogens (tertiary/aromatic N) is 1. The Morgan fingerprint density at radius 2 is 1.16 bits per heavy atom. The van der Waals surface area contributed by atoms with Gasteiger partial charge in [0.2, 0.25) is 0 Å². The molecule has 2 nitrogen and oxygen atoms in total. The Labute approximate surface area is 174 Å². The Morgan fingerprint density at radius 3 is 1.76 bits per heavy atom. The molecule has 128 valence electrons. The summed E-state index contributed by atoms with van der Waals surface area (Å²) in [6.07, 6.45) is 1.59. The summed E-state index contributed by atoms with van der Waals surface area (Å²) in [5, 5.41) is 1.86. The number of nitrogen functional groups attached to an aromatic ring is 1. The van der Waals surface area contributed by atoms with Crippen LogP contribution in [-0.2, 0) is 0 Å². The second-order valence-electron chi connectivity index (χ2n) is 5.10. The van der Waals surface area contributed by atoms with E-state index in [1.807, 2.05) is 0 Å². The van der Waals surface area contributed by atoms with E-state index < -0.39 is 0 Å². The van der Waals surface area contributed by atoms with Gasteiger partial charge >= 0.3 is 0 Å². The van der Waals surface area contributed by atoms with Gasteiger partial charge in [-0.25, -0.2) is 4.98 Å². The van der Waals surface area contributed by atoms with Crippen molar-refractivity contribution >= 4 is 75.4 Å². The van der Waals surface area contributed by atoms with E-state index in [-0.39, 0.29) is 10.0 Å². The molecule has 8 heteroatoms. The van der Waals surface area contributed by atoms with Crippen molar-refractivity contribution < 1.29 is 0 Å². The van der Waals surface area contributed by atoms with Crippen LogP contribution in [0.25, 0.3) is 22.3 Å². The van der Waals surface area contributed by atoms with Crippen LogP contribution in [0.4, 0.5) is 5.82 Å². The minimum Gasteiger partial charge on any atom is -0.383 e. The Balaban J connectivity index is 2.21. The number of halogens is 6. The second kappa shape index (κ2) is 7.40. The Morgan fingerprint density at radius 1 is 0.640 bits per heavy atom. The Bertz CT molecular complexity index is 987. The zero-order chi connectivity index (χ0) is 18.3. The molecule has 1 heterocycles. The summed E-state index contributed by atoms with van der Waals surface area (Å²) in [5.41, 5.74) is 8.60. The second-order valence-corrected chi connectivity index (χ2v) is 7.43. The predicted molar refractivity (Wildman–Crippen MR) is 110 cm³/mol. The van der Waals surface area contributed by atoms with Crippen molar-refractivity contribution in [3.05, 3.63) is 66.7 Å². The number of hydrogen-bond donors (Lipinski definition) is 1. The lowest BCUT2D eigenvalue weighted by Gasteiger charge is -2.13. The zero-order valence-corrected chi connectivity index (χ0v) is 16.8. The molecule has 3 aromatic rings. The first-order valence-corrected chi connectivity index (χ1v) is 9.11. The third kappa shape index (κ3) is 3.52. The lowest BCUT2D eigenvalue weighted by Crippen LogP contribution is -1.96. The zero-order valence-electron chi connectivity index (χ0n) is 12.3. The molecule has 3 rings (SSSR count). The molecule has 0 unspecified atom stereocenters. The first-order valence-electron chi connectivity index (χ1n) is 6.84. The number of rotatable bonds is 2. The van der Waals surface area contributed by atoms with Gasteiger partial charge in [0.1, 0.15) is 5.82 Å². The summed E-state index contributed by atoms with van der Waals surface area (Å²) in [4.78, 5) is 4.23. The van der Waals surface area contributed by atoms with Crippen molar-refractivity contribution in [2.24, 2.45) is 0 Å². The fraction of sp³-hybridized carbons (Fsp3) is 0. The maximum Gasteiger partial charge on any atom is 0.131 e. The summed E-state index contributed by atoms with van der Waals surface area (Å²) in [5.74, 6) is 0.292.